The van der Waals surface area contributed by atoms with Crippen LogP contribution in [0.5, 0.6) is 0 Å². The molecule has 3 heterocycles. The highest BCUT2D eigenvalue weighted by Gasteiger charge is 2.26. The third-order valence-corrected chi connectivity index (χ3v) is 4.70. The van der Waals surface area contributed by atoms with Gasteiger partial charge >= 0.3 is 0 Å². The van der Waals surface area contributed by atoms with Crippen LogP contribution in [0.3, 0.4) is 0 Å². The molecule has 0 bridgehead atoms. The zero-order valence-corrected chi connectivity index (χ0v) is 13.4. The molecule has 1 fully saturated rings. The predicted octanol–water partition coefficient (Wildman–Crippen LogP) is 2.63. The van der Waals surface area contributed by atoms with E-state index in [2.05, 4.69) is 27.2 Å². The standard InChI is InChI=1S/C18H20N4O2/c19-18(23)15-9-20-21-17(15)13-5-3-7-22(10-13)11-14-8-12-4-1-2-6-16(12)24-14/h1-2,4,6,8-9,13H,3,5,7,10-11H2,(H2,19,23)(H,20,21). The number of nitrogens with one attached hydrogen (secondary N) is 1. The van der Waals surface area contributed by atoms with Crippen LogP contribution in [0.1, 0.15) is 40.6 Å². The van der Waals surface area contributed by atoms with Crippen molar-refractivity contribution in [2.75, 3.05) is 13.1 Å². The summed E-state index contributed by atoms with van der Waals surface area (Å²) in [6.07, 6.45) is 3.62. The first kappa shape index (κ1) is 15.0. The molecule has 6 heteroatoms. The van der Waals surface area contributed by atoms with Crippen LogP contribution in [0.4, 0.5) is 0 Å². The second kappa shape index (κ2) is 6.13. The largest absolute Gasteiger partial charge is 0.460 e. The number of furan rings is 1. The van der Waals surface area contributed by atoms with Gasteiger partial charge in [0.1, 0.15) is 11.3 Å². The minimum Gasteiger partial charge on any atom is -0.460 e. The predicted molar refractivity (Wildman–Crippen MR) is 90.6 cm³/mol. The average Bonchev–Trinajstić information content (AvgIpc) is 3.21. The number of aromatic amines is 1. The van der Waals surface area contributed by atoms with Crippen LogP contribution >= 0.6 is 0 Å². The molecule has 3 aromatic rings. The summed E-state index contributed by atoms with van der Waals surface area (Å²) < 4.78 is 5.92. The molecule has 1 aliphatic rings. The molecule has 0 saturated carbocycles. The summed E-state index contributed by atoms with van der Waals surface area (Å²) in [6, 6.07) is 10.1. The summed E-state index contributed by atoms with van der Waals surface area (Å²) in [4.78, 5) is 13.9. The Labute approximate surface area is 139 Å². The number of fused-ring (bicyclic) bond motifs is 1. The molecule has 4 rings (SSSR count). The van der Waals surface area contributed by atoms with Crippen molar-refractivity contribution in [3.05, 3.63) is 53.5 Å². The van der Waals surface area contributed by atoms with Crippen LogP contribution in [0.2, 0.25) is 0 Å². The number of piperidine rings is 1. The highest BCUT2D eigenvalue weighted by molar-refractivity contribution is 5.93. The number of H-pyrrole nitrogens is 1. The molecule has 0 radical (unpaired) electrons. The highest BCUT2D eigenvalue weighted by Crippen LogP contribution is 2.29. The van der Waals surface area contributed by atoms with Crippen LogP contribution in [0.25, 0.3) is 11.0 Å². The minimum absolute atomic E-state index is 0.244. The second-order valence-electron chi connectivity index (χ2n) is 6.39. The quantitative estimate of drug-likeness (QED) is 0.772. The maximum atomic E-state index is 11.5. The van der Waals surface area contributed by atoms with E-state index in [-0.39, 0.29) is 5.92 Å². The fraction of sp³-hybridized carbons (Fsp3) is 0.333. The summed E-state index contributed by atoms with van der Waals surface area (Å²) in [5.41, 5.74) is 7.72. The molecule has 1 aromatic carbocycles. The molecule has 24 heavy (non-hydrogen) atoms. The Morgan fingerprint density at radius 2 is 2.29 bits per heavy atom. The van der Waals surface area contributed by atoms with E-state index in [1.54, 1.807) is 0 Å². The maximum Gasteiger partial charge on any atom is 0.252 e. The summed E-state index contributed by atoms with van der Waals surface area (Å²) in [5, 5.41) is 8.09. The van der Waals surface area contributed by atoms with Crippen LogP contribution in [0, 0.1) is 0 Å². The van der Waals surface area contributed by atoms with E-state index in [1.807, 2.05) is 18.2 Å². The van der Waals surface area contributed by atoms with Gasteiger partial charge in [0.15, 0.2) is 0 Å². The Morgan fingerprint density at radius 1 is 1.42 bits per heavy atom. The number of amides is 1. The Morgan fingerprint density at radius 3 is 3.12 bits per heavy atom. The number of hydrogen-bond acceptors (Lipinski definition) is 4. The number of nitrogens with two attached hydrogens (primary N) is 1. The molecule has 3 N–H and O–H groups in total. The van der Waals surface area contributed by atoms with Gasteiger partial charge in [0.25, 0.3) is 5.91 Å². The average molecular weight is 324 g/mol. The first-order chi connectivity index (χ1) is 11.7. The van der Waals surface area contributed by atoms with Crippen LogP contribution < -0.4 is 5.73 Å². The van der Waals surface area contributed by atoms with Gasteiger partial charge in [0.05, 0.1) is 24.0 Å². The first-order valence-corrected chi connectivity index (χ1v) is 8.23. The van der Waals surface area contributed by atoms with E-state index in [4.69, 9.17) is 10.2 Å². The van der Waals surface area contributed by atoms with Crippen molar-refractivity contribution in [1.29, 1.82) is 0 Å². The molecule has 0 aliphatic carbocycles. The lowest BCUT2D eigenvalue weighted by Crippen LogP contribution is -2.34. The topological polar surface area (TPSA) is 88.2 Å². The molecule has 1 saturated heterocycles. The van der Waals surface area contributed by atoms with Crippen molar-refractivity contribution in [2.24, 2.45) is 5.73 Å². The Hall–Kier alpha value is -2.60. The molecular formula is C18H20N4O2. The van der Waals surface area contributed by atoms with E-state index in [9.17, 15) is 4.79 Å². The van der Waals surface area contributed by atoms with Crippen molar-refractivity contribution in [3.8, 4) is 0 Å². The summed E-state index contributed by atoms with van der Waals surface area (Å²) in [7, 11) is 0. The molecular weight excluding hydrogens is 304 g/mol. The third kappa shape index (κ3) is 2.80. The van der Waals surface area contributed by atoms with Gasteiger partial charge < -0.3 is 10.2 Å². The lowest BCUT2D eigenvalue weighted by molar-refractivity contribution is 0.0997. The van der Waals surface area contributed by atoms with Gasteiger partial charge in [-0.05, 0) is 31.5 Å². The lowest BCUT2D eigenvalue weighted by Gasteiger charge is -2.31. The van der Waals surface area contributed by atoms with E-state index in [0.29, 0.717) is 5.56 Å². The van der Waals surface area contributed by atoms with E-state index >= 15 is 0 Å². The van der Waals surface area contributed by atoms with E-state index < -0.39 is 5.91 Å². The van der Waals surface area contributed by atoms with Gasteiger partial charge in [0.2, 0.25) is 0 Å². The normalized spacial score (nSPS) is 18.9. The maximum absolute atomic E-state index is 11.5. The number of likely N-dealkylation sites (tertiary alicyclic amines) is 1. The lowest BCUT2D eigenvalue weighted by atomic mass is 9.92. The zero-order chi connectivity index (χ0) is 16.5. The summed E-state index contributed by atoms with van der Waals surface area (Å²) in [6.45, 7) is 2.65. The highest BCUT2D eigenvalue weighted by atomic mass is 16.3. The number of carbonyl (C=O) groups excluding carboxylic acids is 1. The molecule has 1 aliphatic heterocycles. The van der Waals surface area contributed by atoms with Crippen LogP contribution in [0.15, 0.2) is 40.9 Å². The zero-order valence-electron chi connectivity index (χ0n) is 13.4. The van der Waals surface area contributed by atoms with Crippen molar-refractivity contribution >= 4 is 16.9 Å². The van der Waals surface area contributed by atoms with E-state index in [1.165, 1.54) is 6.20 Å². The van der Waals surface area contributed by atoms with Crippen molar-refractivity contribution < 1.29 is 9.21 Å². The minimum atomic E-state index is -0.423. The number of hydrogen-bond donors (Lipinski definition) is 2. The number of nitrogens with zero attached hydrogens (tertiary/aromatic N) is 2. The molecule has 1 atom stereocenters. The number of primary amides is 1. The molecule has 1 unspecified atom stereocenters. The van der Waals surface area contributed by atoms with Crippen molar-refractivity contribution in [1.82, 2.24) is 15.1 Å². The number of aromatic nitrogens is 2. The Kier molecular flexibility index (Phi) is 3.82. The smallest absolute Gasteiger partial charge is 0.252 e. The summed E-state index contributed by atoms with van der Waals surface area (Å²) in [5.74, 6) is 0.790. The van der Waals surface area contributed by atoms with E-state index in [0.717, 1.165) is 54.9 Å². The molecule has 124 valence electrons. The monoisotopic (exact) mass is 324 g/mol. The number of carbonyl (C=O) groups is 1. The van der Waals surface area contributed by atoms with Gasteiger partial charge in [-0.2, -0.15) is 5.10 Å². The fourth-order valence-corrected chi connectivity index (χ4v) is 3.57. The van der Waals surface area contributed by atoms with Crippen molar-refractivity contribution in [2.45, 2.75) is 25.3 Å². The number of rotatable bonds is 4. The number of benzene rings is 1. The Bertz CT molecular complexity index is 834. The number of para-hydroxylation sites is 1. The van der Waals surface area contributed by atoms with Gasteiger partial charge in [-0.3, -0.25) is 14.8 Å². The van der Waals surface area contributed by atoms with Crippen LogP contribution in [-0.4, -0.2) is 34.1 Å². The fourth-order valence-electron chi connectivity index (χ4n) is 3.57. The van der Waals surface area contributed by atoms with Gasteiger partial charge in [0, 0.05) is 17.8 Å². The van der Waals surface area contributed by atoms with Crippen LogP contribution in [-0.2, 0) is 6.54 Å². The third-order valence-electron chi connectivity index (χ3n) is 4.70. The molecule has 2 aromatic heterocycles. The van der Waals surface area contributed by atoms with Gasteiger partial charge in [-0.1, -0.05) is 18.2 Å². The second-order valence-corrected chi connectivity index (χ2v) is 6.39. The van der Waals surface area contributed by atoms with Gasteiger partial charge in [-0.25, -0.2) is 0 Å². The molecule has 0 spiro atoms. The summed E-state index contributed by atoms with van der Waals surface area (Å²) >= 11 is 0. The molecule has 6 nitrogen and oxygen atoms in total. The Balaban J connectivity index is 1.50. The van der Waals surface area contributed by atoms with Crippen molar-refractivity contribution in [3.63, 3.8) is 0 Å². The SMILES string of the molecule is NC(=O)c1cn[nH]c1C1CCCN(Cc2cc3ccccc3o2)C1. The first-order valence-electron chi connectivity index (χ1n) is 8.23. The van der Waals surface area contributed by atoms with Gasteiger partial charge in [-0.15, -0.1) is 0 Å². The molecule has 1 amide bonds.